The van der Waals surface area contributed by atoms with Crippen LogP contribution in [0.15, 0.2) is 209 Å². The molecule has 4 aromatic heterocycles. The van der Waals surface area contributed by atoms with E-state index in [1.165, 1.54) is 10.8 Å². The molecule has 0 unspecified atom stereocenters. The molecule has 0 N–H and O–H groups in total. The largest absolute Gasteiger partial charge is 0.456 e. The fraction of sp³-hybridized carbons (Fsp3) is 0. The summed E-state index contributed by atoms with van der Waals surface area (Å²) in [6.45, 7) is 0. The van der Waals surface area contributed by atoms with E-state index in [0.717, 1.165) is 93.9 Å². The van der Waals surface area contributed by atoms with Crippen LogP contribution in [0.1, 0.15) is 0 Å². The number of hydrogen-bond acceptors (Lipinski definition) is 6. The summed E-state index contributed by atoms with van der Waals surface area (Å²) in [5.41, 5.74) is 11.9. The van der Waals surface area contributed by atoms with Gasteiger partial charge in [-0.15, -0.1) is 0 Å². The lowest BCUT2D eigenvalue weighted by Crippen LogP contribution is -2.00. The molecule has 0 saturated carbocycles. The quantitative estimate of drug-likeness (QED) is 0.166. The first-order valence-electron chi connectivity index (χ1n) is 21.0. The molecule has 0 fully saturated rings. The second kappa shape index (κ2) is 13.9. The highest BCUT2D eigenvalue weighted by molar-refractivity contribution is 6.19. The van der Waals surface area contributed by atoms with E-state index in [2.05, 4.69) is 114 Å². The van der Waals surface area contributed by atoms with Gasteiger partial charge in [0.05, 0.1) is 11.0 Å². The zero-order chi connectivity index (χ0) is 41.4. The van der Waals surface area contributed by atoms with Crippen LogP contribution in [0.5, 0.6) is 0 Å². The van der Waals surface area contributed by atoms with E-state index in [-0.39, 0.29) is 0 Å². The third-order valence-electron chi connectivity index (χ3n) is 12.0. The van der Waals surface area contributed by atoms with Gasteiger partial charge >= 0.3 is 0 Å². The van der Waals surface area contributed by atoms with E-state index >= 15 is 0 Å². The van der Waals surface area contributed by atoms with Gasteiger partial charge in [0.2, 0.25) is 5.89 Å². The Kier molecular flexibility index (Phi) is 7.77. The maximum atomic E-state index is 6.70. The van der Waals surface area contributed by atoms with Crippen molar-refractivity contribution in [2.45, 2.75) is 0 Å². The minimum absolute atomic E-state index is 0.580. The monoisotopic (exact) mass is 807 g/mol. The Morgan fingerprint density at radius 1 is 0.381 bits per heavy atom. The summed E-state index contributed by atoms with van der Waals surface area (Å²) >= 11 is 0. The predicted molar refractivity (Wildman–Crippen MR) is 254 cm³/mol. The van der Waals surface area contributed by atoms with E-state index in [1.807, 2.05) is 91.0 Å². The molecular weight excluding hydrogens is 775 g/mol. The van der Waals surface area contributed by atoms with Crippen LogP contribution in [-0.2, 0) is 0 Å². The van der Waals surface area contributed by atoms with Crippen LogP contribution in [0.25, 0.3) is 128 Å². The predicted octanol–water partition coefficient (Wildman–Crippen LogP) is 14.5. The van der Waals surface area contributed by atoms with E-state index in [4.69, 9.17) is 28.8 Å². The molecule has 294 valence electrons. The summed E-state index contributed by atoms with van der Waals surface area (Å²) in [6.07, 6.45) is 0. The zero-order valence-corrected chi connectivity index (χ0v) is 33.6. The molecule has 9 aromatic carbocycles. The minimum atomic E-state index is 0.580. The van der Waals surface area contributed by atoms with Gasteiger partial charge < -0.3 is 13.4 Å². The molecule has 13 rings (SSSR count). The fourth-order valence-electron chi connectivity index (χ4n) is 9.10. The van der Waals surface area contributed by atoms with Gasteiger partial charge in [-0.25, -0.2) is 19.9 Å². The molecular formula is C56H33N5O2. The Labute approximate surface area is 360 Å². The minimum Gasteiger partial charge on any atom is -0.456 e. The maximum Gasteiger partial charge on any atom is 0.227 e. The summed E-state index contributed by atoms with van der Waals surface area (Å²) in [5, 5.41) is 6.60. The van der Waals surface area contributed by atoms with E-state index in [9.17, 15) is 0 Å². The molecule has 4 heterocycles. The van der Waals surface area contributed by atoms with Crippen LogP contribution >= 0.6 is 0 Å². The highest BCUT2D eigenvalue weighted by Crippen LogP contribution is 2.41. The number of oxazole rings is 1. The molecule has 13 aromatic rings. The van der Waals surface area contributed by atoms with E-state index in [1.54, 1.807) is 0 Å². The molecule has 63 heavy (non-hydrogen) atoms. The first-order valence-corrected chi connectivity index (χ1v) is 21.0. The van der Waals surface area contributed by atoms with Crippen molar-refractivity contribution in [2.24, 2.45) is 0 Å². The van der Waals surface area contributed by atoms with Crippen molar-refractivity contribution in [2.75, 3.05) is 0 Å². The third kappa shape index (κ3) is 5.75. The molecule has 0 aliphatic rings. The van der Waals surface area contributed by atoms with Gasteiger partial charge in [-0.2, -0.15) is 0 Å². The normalized spacial score (nSPS) is 11.8. The summed E-state index contributed by atoms with van der Waals surface area (Å²) in [4.78, 5) is 20.4. The van der Waals surface area contributed by atoms with Crippen molar-refractivity contribution >= 4 is 65.6 Å². The lowest BCUT2D eigenvalue weighted by molar-refractivity contribution is 0.621. The van der Waals surface area contributed by atoms with Crippen molar-refractivity contribution in [1.29, 1.82) is 0 Å². The van der Waals surface area contributed by atoms with Gasteiger partial charge in [0.15, 0.2) is 23.1 Å². The molecule has 0 spiro atoms. The standard InChI is InChI=1S/C56H33N5O2/c1-3-14-34(15-4-1)53-58-54(60-55(59-53)44-25-13-27-49-50(44)43-24-9-10-26-48(43)62-49)40-22-11-20-36(30-40)37-21-12-23-41(31-37)61-47-33-39-19-8-7-18-38(39)32-45(47)42-28-29-46-52(51(42)61)63-56(57-46)35-16-5-2-6-17-35/h1-33H. The van der Waals surface area contributed by atoms with Crippen molar-refractivity contribution < 1.29 is 8.83 Å². The van der Waals surface area contributed by atoms with Crippen LogP contribution in [-0.4, -0.2) is 24.5 Å². The fourth-order valence-corrected chi connectivity index (χ4v) is 9.10. The highest BCUT2D eigenvalue weighted by Gasteiger charge is 2.22. The van der Waals surface area contributed by atoms with E-state index in [0.29, 0.717) is 23.4 Å². The Morgan fingerprint density at radius 3 is 1.86 bits per heavy atom. The van der Waals surface area contributed by atoms with Crippen molar-refractivity contribution in [3.8, 4) is 62.4 Å². The number of benzene rings is 9. The van der Waals surface area contributed by atoms with Gasteiger partial charge in [0, 0.05) is 49.5 Å². The molecule has 0 amide bonds. The zero-order valence-electron chi connectivity index (χ0n) is 33.6. The second-order valence-electron chi connectivity index (χ2n) is 15.8. The average molecular weight is 808 g/mol. The topological polar surface area (TPSA) is 82.8 Å². The lowest BCUT2D eigenvalue weighted by atomic mass is 10.0. The molecule has 7 nitrogen and oxygen atoms in total. The Morgan fingerprint density at radius 2 is 1.02 bits per heavy atom. The molecule has 0 radical (unpaired) electrons. The number of fused-ring (bicyclic) bond motifs is 9. The van der Waals surface area contributed by atoms with E-state index < -0.39 is 0 Å². The van der Waals surface area contributed by atoms with Gasteiger partial charge in [-0.1, -0.05) is 133 Å². The van der Waals surface area contributed by atoms with Gasteiger partial charge in [0.1, 0.15) is 16.7 Å². The molecule has 0 aliphatic heterocycles. The third-order valence-corrected chi connectivity index (χ3v) is 12.0. The van der Waals surface area contributed by atoms with Gasteiger partial charge in [-0.3, -0.25) is 0 Å². The molecule has 7 heteroatoms. The van der Waals surface area contributed by atoms with Crippen LogP contribution in [0, 0.1) is 0 Å². The Bertz CT molecular complexity index is 3920. The Balaban J connectivity index is 0.984. The summed E-state index contributed by atoms with van der Waals surface area (Å²) < 4.78 is 15.3. The molecule has 0 saturated heterocycles. The Hall–Kier alpha value is -8.68. The van der Waals surface area contributed by atoms with Gasteiger partial charge in [0.25, 0.3) is 0 Å². The van der Waals surface area contributed by atoms with Gasteiger partial charge in [-0.05, 0) is 88.6 Å². The number of aromatic nitrogens is 5. The van der Waals surface area contributed by atoms with Crippen molar-refractivity contribution in [1.82, 2.24) is 24.5 Å². The smallest absolute Gasteiger partial charge is 0.227 e. The summed E-state index contributed by atoms with van der Waals surface area (Å²) in [6, 6.07) is 68.8. The highest BCUT2D eigenvalue weighted by atomic mass is 16.3. The first kappa shape index (κ1) is 35.1. The van der Waals surface area contributed by atoms with Crippen LogP contribution in [0.2, 0.25) is 0 Å². The van der Waals surface area contributed by atoms with Crippen LogP contribution in [0.3, 0.4) is 0 Å². The number of furan rings is 1. The number of rotatable bonds is 6. The average Bonchev–Trinajstić information content (AvgIpc) is 4.06. The van der Waals surface area contributed by atoms with Crippen molar-refractivity contribution in [3.05, 3.63) is 200 Å². The SMILES string of the molecule is c1ccc(-c2nc(-c3cccc(-c4cccc(-n5c6cc7ccccc7cc6c6ccc7nc(-c8ccccc8)oc7c65)c4)c3)nc(-c3cccc4oc5ccccc5c34)n2)cc1. The summed E-state index contributed by atoms with van der Waals surface area (Å²) in [7, 11) is 0. The molecule has 0 atom stereocenters. The van der Waals surface area contributed by atoms with Crippen LogP contribution < -0.4 is 0 Å². The van der Waals surface area contributed by atoms with Crippen LogP contribution in [0.4, 0.5) is 0 Å². The lowest BCUT2D eigenvalue weighted by Gasteiger charge is -2.12. The number of hydrogen-bond donors (Lipinski definition) is 0. The number of para-hydroxylation sites is 1. The first-order chi connectivity index (χ1) is 31.2. The maximum absolute atomic E-state index is 6.70. The molecule has 0 bridgehead atoms. The number of nitrogens with zero attached hydrogens (tertiary/aromatic N) is 5. The van der Waals surface area contributed by atoms with Crippen molar-refractivity contribution in [3.63, 3.8) is 0 Å². The second-order valence-corrected chi connectivity index (χ2v) is 15.8. The summed E-state index contributed by atoms with van der Waals surface area (Å²) in [5.74, 6) is 2.35. The molecule has 0 aliphatic carbocycles.